The molecule has 0 saturated carbocycles. The van der Waals surface area contributed by atoms with Gasteiger partial charge in [0, 0.05) is 11.6 Å². The van der Waals surface area contributed by atoms with Crippen LogP contribution in [0.25, 0.3) is 0 Å². The van der Waals surface area contributed by atoms with Gasteiger partial charge in [0.15, 0.2) is 5.78 Å². The van der Waals surface area contributed by atoms with E-state index in [0.29, 0.717) is 12.1 Å². The number of carbonyl (C=O) groups is 1. The van der Waals surface area contributed by atoms with Gasteiger partial charge in [-0.1, -0.05) is 0 Å². The summed E-state index contributed by atoms with van der Waals surface area (Å²) >= 11 is 0. The number of halogens is 3. The van der Waals surface area contributed by atoms with Gasteiger partial charge < -0.3 is 0 Å². The van der Waals surface area contributed by atoms with Crippen LogP contribution < -0.4 is 0 Å². The lowest BCUT2D eigenvalue weighted by Crippen LogP contribution is -2.15. The Hall–Kier alpha value is -2.43. The summed E-state index contributed by atoms with van der Waals surface area (Å²) in [5.41, 5.74) is -4.45. The zero-order chi connectivity index (χ0) is 14.1. The second-order valence-electron chi connectivity index (χ2n) is 3.31. The number of nitrogens with zero attached hydrogens (tertiary/aromatic N) is 2. The molecular weight excluding hydrogens is 253 g/mol. The number of hydrogen-bond donors (Lipinski definition) is 0. The van der Waals surface area contributed by atoms with Gasteiger partial charge in [-0.2, -0.15) is 18.4 Å². The Labute approximate surface area is 98.6 Å². The van der Waals surface area contributed by atoms with Crippen LogP contribution in [0.3, 0.4) is 0 Å². The van der Waals surface area contributed by atoms with Gasteiger partial charge in [0.1, 0.15) is 11.6 Å². The number of rotatable bonds is 2. The van der Waals surface area contributed by atoms with E-state index >= 15 is 0 Å². The number of carbonyl (C=O) groups excluding carboxylic acids is 1. The van der Waals surface area contributed by atoms with E-state index in [1.54, 1.807) is 0 Å². The second-order valence-corrected chi connectivity index (χ2v) is 3.31. The van der Waals surface area contributed by atoms with Crippen molar-refractivity contribution in [3.63, 3.8) is 0 Å². The van der Waals surface area contributed by atoms with Crippen LogP contribution in [-0.4, -0.2) is 10.7 Å². The number of nitro benzene ring substituents is 1. The topological polar surface area (TPSA) is 84.0 Å². The fourth-order valence-electron chi connectivity index (χ4n) is 1.44. The van der Waals surface area contributed by atoms with Crippen LogP contribution >= 0.6 is 0 Å². The first-order valence-corrected chi connectivity index (χ1v) is 4.49. The molecule has 0 heterocycles. The highest BCUT2D eigenvalue weighted by molar-refractivity contribution is 5.97. The molecule has 0 aromatic heterocycles. The molecule has 0 saturated heterocycles. The van der Waals surface area contributed by atoms with Crippen molar-refractivity contribution in [2.45, 2.75) is 13.1 Å². The summed E-state index contributed by atoms with van der Waals surface area (Å²) in [7, 11) is 0. The van der Waals surface area contributed by atoms with Gasteiger partial charge in [0.05, 0.1) is 10.5 Å². The maximum Gasteiger partial charge on any atom is 0.418 e. The number of alkyl halides is 3. The molecular formula is C10H5F3N2O3. The maximum absolute atomic E-state index is 12.8. The Kier molecular flexibility index (Phi) is 3.37. The summed E-state index contributed by atoms with van der Waals surface area (Å²) in [4.78, 5) is 20.5. The van der Waals surface area contributed by atoms with E-state index in [0.717, 1.165) is 13.0 Å². The van der Waals surface area contributed by atoms with E-state index < -0.39 is 39.3 Å². The zero-order valence-electron chi connectivity index (χ0n) is 8.91. The van der Waals surface area contributed by atoms with Crippen molar-refractivity contribution in [2.24, 2.45) is 0 Å². The van der Waals surface area contributed by atoms with Crippen LogP contribution in [0.1, 0.15) is 28.4 Å². The minimum Gasteiger partial charge on any atom is -0.294 e. The van der Waals surface area contributed by atoms with Crippen LogP contribution in [0.15, 0.2) is 12.1 Å². The molecule has 0 aliphatic heterocycles. The molecule has 0 bridgehead atoms. The standard InChI is InChI=1S/C10H5F3N2O3/c1-5(16)6-2-3-8(15(17)18)7(4-14)9(6)10(11,12)13/h2-3H,1H3. The number of Topliss-reactive ketones (excluding diaryl/α,β-unsaturated/α-hetero) is 1. The van der Waals surface area contributed by atoms with Crippen molar-refractivity contribution in [1.82, 2.24) is 0 Å². The Balaban J connectivity index is 3.80. The maximum atomic E-state index is 12.8. The molecule has 1 aromatic rings. The zero-order valence-corrected chi connectivity index (χ0v) is 8.91. The summed E-state index contributed by atoms with van der Waals surface area (Å²) in [5, 5.41) is 19.2. The first kappa shape index (κ1) is 13.6. The average molecular weight is 258 g/mol. The molecule has 94 valence electrons. The largest absolute Gasteiger partial charge is 0.418 e. The molecule has 0 aliphatic carbocycles. The third kappa shape index (κ3) is 2.29. The van der Waals surface area contributed by atoms with E-state index in [2.05, 4.69) is 0 Å². The van der Waals surface area contributed by atoms with E-state index in [9.17, 15) is 28.1 Å². The van der Waals surface area contributed by atoms with Gasteiger partial charge in [0.25, 0.3) is 5.69 Å². The average Bonchev–Trinajstić information content (AvgIpc) is 2.25. The highest BCUT2D eigenvalue weighted by Gasteiger charge is 2.40. The number of benzene rings is 1. The summed E-state index contributed by atoms with van der Waals surface area (Å²) in [6.07, 6.45) is -5.02. The number of ketones is 1. The van der Waals surface area contributed by atoms with Crippen LogP contribution in [0.5, 0.6) is 0 Å². The first-order chi connectivity index (χ1) is 8.20. The van der Waals surface area contributed by atoms with Crippen LogP contribution in [-0.2, 0) is 6.18 Å². The van der Waals surface area contributed by atoms with Crippen molar-refractivity contribution < 1.29 is 22.9 Å². The molecule has 0 radical (unpaired) electrons. The normalized spacial score (nSPS) is 10.8. The Bertz CT molecular complexity index is 573. The quantitative estimate of drug-likeness (QED) is 0.463. The highest BCUT2D eigenvalue weighted by Crippen LogP contribution is 2.38. The molecule has 5 nitrogen and oxygen atoms in total. The van der Waals surface area contributed by atoms with E-state index in [1.807, 2.05) is 0 Å². The minimum atomic E-state index is -5.02. The van der Waals surface area contributed by atoms with Gasteiger partial charge in [-0.3, -0.25) is 14.9 Å². The number of nitro groups is 1. The van der Waals surface area contributed by atoms with E-state index in [4.69, 9.17) is 5.26 Å². The molecule has 0 unspecified atom stereocenters. The lowest BCUT2D eigenvalue weighted by atomic mass is 9.97. The van der Waals surface area contributed by atoms with Gasteiger partial charge in [-0.05, 0) is 13.0 Å². The third-order valence-electron chi connectivity index (χ3n) is 2.15. The van der Waals surface area contributed by atoms with Crippen molar-refractivity contribution in [3.8, 4) is 6.07 Å². The summed E-state index contributed by atoms with van der Waals surface area (Å²) in [6.45, 7) is 0.886. The van der Waals surface area contributed by atoms with E-state index in [-0.39, 0.29) is 0 Å². The first-order valence-electron chi connectivity index (χ1n) is 4.49. The molecule has 18 heavy (non-hydrogen) atoms. The number of nitriles is 1. The molecule has 0 aliphatic rings. The van der Waals surface area contributed by atoms with Crippen LogP contribution in [0, 0.1) is 21.4 Å². The van der Waals surface area contributed by atoms with Gasteiger partial charge >= 0.3 is 6.18 Å². The molecule has 0 spiro atoms. The Morgan fingerprint density at radius 1 is 1.44 bits per heavy atom. The van der Waals surface area contributed by atoms with E-state index in [1.165, 1.54) is 0 Å². The minimum absolute atomic E-state index is 0.699. The molecule has 0 fully saturated rings. The molecule has 0 N–H and O–H groups in total. The lowest BCUT2D eigenvalue weighted by molar-refractivity contribution is -0.385. The lowest BCUT2D eigenvalue weighted by Gasteiger charge is -2.12. The fourth-order valence-corrected chi connectivity index (χ4v) is 1.44. The van der Waals surface area contributed by atoms with Gasteiger partial charge in [-0.25, -0.2) is 0 Å². The second kappa shape index (κ2) is 4.44. The van der Waals surface area contributed by atoms with Gasteiger partial charge in [-0.15, -0.1) is 0 Å². The highest BCUT2D eigenvalue weighted by atomic mass is 19.4. The summed E-state index contributed by atoms with van der Waals surface area (Å²) < 4.78 is 38.3. The Morgan fingerprint density at radius 3 is 2.33 bits per heavy atom. The van der Waals surface area contributed by atoms with Crippen LogP contribution in [0.2, 0.25) is 0 Å². The molecule has 0 amide bonds. The summed E-state index contributed by atoms with van der Waals surface area (Å²) in [6, 6.07) is 2.54. The van der Waals surface area contributed by atoms with Crippen molar-refractivity contribution in [2.75, 3.05) is 0 Å². The van der Waals surface area contributed by atoms with Crippen molar-refractivity contribution in [3.05, 3.63) is 38.9 Å². The number of hydrogen-bond acceptors (Lipinski definition) is 4. The van der Waals surface area contributed by atoms with Crippen LogP contribution in [0.4, 0.5) is 18.9 Å². The molecule has 1 aromatic carbocycles. The fraction of sp³-hybridized carbons (Fsp3) is 0.200. The molecule has 1 rings (SSSR count). The monoisotopic (exact) mass is 258 g/mol. The Morgan fingerprint density at radius 2 is 2.00 bits per heavy atom. The third-order valence-corrected chi connectivity index (χ3v) is 2.15. The SMILES string of the molecule is CC(=O)c1ccc([N+](=O)[O-])c(C#N)c1C(F)(F)F. The predicted molar refractivity (Wildman–Crippen MR) is 52.8 cm³/mol. The predicted octanol–water partition coefficient (Wildman–Crippen LogP) is 2.69. The molecule has 8 heteroatoms. The van der Waals surface area contributed by atoms with Gasteiger partial charge in [0.2, 0.25) is 0 Å². The smallest absolute Gasteiger partial charge is 0.294 e. The molecule has 0 atom stereocenters. The van der Waals surface area contributed by atoms with Crippen molar-refractivity contribution >= 4 is 11.5 Å². The van der Waals surface area contributed by atoms with Crippen molar-refractivity contribution in [1.29, 1.82) is 5.26 Å². The summed E-state index contributed by atoms with van der Waals surface area (Å²) in [5.74, 6) is -0.922.